The Morgan fingerprint density at radius 1 is 1.18 bits per heavy atom. The van der Waals surface area contributed by atoms with E-state index in [1.54, 1.807) is 12.1 Å². The lowest BCUT2D eigenvalue weighted by Crippen LogP contribution is -2.29. The van der Waals surface area contributed by atoms with Crippen LogP contribution in [0.25, 0.3) is 0 Å². The Morgan fingerprint density at radius 3 is 2.71 bits per heavy atom. The van der Waals surface area contributed by atoms with Crippen LogP contribution in [0, 0.1) is 10.1 Å². The zero-order chi connectivity index (χ0) is 19.5. The van der Waals surface area contributed by atoms with Gasteiger partial charge in [0.25, 0.3) is 11.6 Å². The van der Waals surface area contributed by atoms with E-state index in [4.69, 9.17) is 0 Å². The van der Waals surface area contributed by atoms with Crippen molar-refractivity contribution in [3.05, 3.63) is 86.4 Å². The van der Waals surface area contributed by atoms with Crippen LogP contribution >= 0.6 is 11.3 Å². The van der Waals surface area contributed by atoms with Gasteiger partial charge in [-0.3, -0.25) is 25.1 Å². The molecular weight excluding hydrogens is 376 g/mol. The second kappa shape index (κ2) is 7.87. The average molecular weight is 394 g/mol. The third-order valence-electron chi connectivity index (χ3n) is 4.63. The SMILES string of the molecule is O=C(Nc1nc2c(s1)CN(Cc1ccccc1)CC2)c1ccccc1[N+](=O)[O-]. The number of nitro groups is 1. The Bertz CT molecular complexity index is 1020. The first-order chi connectivity index (χ1) is 13.6. The summed E-state index contributed by atoms with van der Waals surface area (Å²) in [5, 5.41) is 14.3. The largest absolute Gasteiger partial charge is 0.298 e. The summed E-state index contributed by atoms with van der Waals surface area (Å²) < 4.78 is 0. The van der Waals surface area contributed by atoms with E-state index in [9.17, 15) is 14.9 Å². The molecule has 1 aliphatic heterocycles. The fourth-order valence-electron chi connectivity index (χ4n) is 3.27. The third-order valence-corrected chi connectivity index (χ3v) is 5.62. The van der Waals surface area contributed by atoms with Crippen LogP contribution in [0.15, 0.2) is 54.6 Å². The Morgan fingerprint density at radius 2 is 1.93 bits per heavy atom. The Kier molecular flexibility index (Phi) is 5.14. The zero-order valence-electron chi connectivity index (χ0n) is 15.0. The molecule has 1 amide bonds. The van der Waals surface area contributed by atoms with Crippen molar-refractivity contribution in [2.45, 2.75) is 19.5 Å². The molecule has 28 heavy (non-hydrogen) atoms. The molecule has 4 rings (SSSR count). The number of anilines is 1. The molecule has 0 unspecified atom stereocenters. The molecule has 0 saturated heterocycles. The van der Waals surface area contributed by atoms with Crippen LogP contribution in [-0.4, -0.2) is 27.3 Å². The summed E-state index contributed by atoms with van der Waals surface area (Å²) in [6.07, 6.45) is 0.819. The fraction of sp³-hybridized carbons (Fsp3) is 0.200. The summed E-state index contributed by atoms with van der Waals surface area (Å²) in [4.78, 5) is 31.1. The maximum absolute atomic E-state index is 12.5. The number of carbonyl (C=O) groups excluding carboxylic acids is 1. The van der Waals surface area contributed by atoms with Gasteiger partial charge in [0.15, 0.2) is 5.13 Å². The fourth-order valence-corrected chi connectivity index (χ4v) is 4.31. The van der Waals surface area contributed by atoms with E-state index in [0.717, 1.165) is 36.6 Å². The monoisotopic (exact) mass is 394 g/mol. The normalized spacial score (nSPS) is 13.7. The first-order valence-electron chi connectivity index (χ1n) is 8.90. The van der Waals surface area contributed by atoms with Gasteiger partial charge in [-0.15, -0.1) is 11.3 Å². The molecule has 0 bridgehead atoms. The van der Waals surface area contributed by atoms with E-state index in [0.29, 0.717) is 5.13 Å². The number of benzene rings is 2. The van der Waals surface area contributed by atoms with E-state index in [-0.39, 0.29) is 11.3 Å². The Balaban J connectivity index is 1.46. The van der Waals surface area contributed by atoms with Gasteiger partial charge in [0.2, 0.25) is 0 Å². The van der Waals surface area contributed by atoms with Crippen LogP contribution in [0.5, 0.6) is 0 Å². The van der Waals surface area contributed by atoms with Crippen molar-refractivity contribution in [3.63, 3.8) is 0 Å². The quantitative estimate of drug-likeness (QED) is 0.524. The van der Waals surface area contributed by atoms with Gasteiger partial charge >= 0.3 is 0 Å². The van der Waals surface area contributed by atoms with Gasteiger partial charge < -0.3 is 0 Å². The number of fused-ring (bicyclic) bond motifs is 1. The predicted molar refractivity (Wildman–Crippen MR) is 107 cm³/mol. The lowest BCUT2D eigenvalue weighted by atomic mass is 10.1. The smallest absolute Gasteiger partial charge is 0.282 e. The molecule has 7 nitrogen and oxygen atoms in total. The highest BCUT2D eigenvalue weighted by Crippen LogP contribution is 2.30. The number of carbonyl (C=O) groups is 1. The van der Waals surface area contributed by atoms with E-state index in [1.165, 1.54) is 29.0 Å². The summed E-state index contributed by atoms with van der Waals surface area (Å²) in [6.45, 7) is 2.56. The van der Waals surface area contributed by atoms with Crippen molar-refractivity contribution in [3.8, 4) is 0 Å². The number of hydrogen-bond donors (Lipinski definition) is 1. The molecule has 142 valence electrons. The van der Waals surface area contributed by atoms with Crippen molar-refractivity contribution in [1.29, 1.82) is 0 Å². The average Bonchev–Trinajstić information content (AvgIpc) is 3.10. The highest BCUT2D eigenvalue weighted by atomic mass is 32.1. The molecule has 2 aromatic carbocycles. The van der Waals surface area contributed by atoms with Crippen LogP contribution in [0.1, 0.15) is 26.5 Å². The number of nitrogens with zero attached hydrogens (tertiary/aromatic N) is 3. The summed E-state index contributed by atoms with van der Waals surface area (Å²) >= 11 is 1.43. The van der Waals surface area contributed by atoms with Gasteiger partial charge in [0.1, 0.15) is 5.56 Å². The number of nitrogens with one attached hydrogen (secondary N) is 1. The van der Waals surface area contributed by atoms with E-state index >= 15 is 0 Å². The molecule has 0 fully saturated rings. The number of rotatable bonds is 5. The first kappa shape index (κ1) is 18.3. The van der Waals surface area contributed by atoms with E-state index < -0.39 is 10.8 Å². The Hall–Kier alpha value is -3.10. The number of para-hydroxylation sites is 1. The number of hydrogen-bond acceptors (Lipinski definition) is 6. The number of thiazole rings is 1. The molecule has 1 aliphatic rings. The standard InChI is InChI=1S/C20H18N4O3S/c25-19(15-8-4-5-9-17(15)24(26)27)22-20-21-16-10-11-23(13-18(16)28-20)12-14-6-2-1-3-7-14/h1-9H,10-13H2,(H,21,22,25). The van der Waals surface area contributed by atoms with E-state index in [1.807, 2.05) is 18.2 Å². The minimum atomic E-state index is -0.552. The molecule has 8 heteroatoms. The van der Waals surface area contributed by atoms with Gasteiger partial charge in [-0.2, -0.15) is 0 Å². The van der Waals surface area contributed by atoms with Crippen molar-refractivity contribution < 1.29 is 9.72 Å². The molecule has 0 aliphatic carbocycles. The Labute approximate surface area is 165 Å². The molecule has 0 spiro atoms. The van der Waals surface area contributed by atoms with Crippen LogP contribution in [0.2, 0.25) is 0 Å². The minimum absolute atomic E-state index is 0.0337. The summed E-state index contributed by atoms with van der Waals surface area (Å²) in [6, 6.07) is 16.2. The third kappa shape index (κ3) is 3.92. The summed E-state index contributed by atoms with van der Waals surface area (Å²) in [5.74, 6) is -0.514. The molecule has 1 N–H and O–H groups in total. The van der Waals surface area contributed by atoms with Gasteiger partial charge in [0.05, 0.1) is 10.6 Å². The maximum Gasteiger partial charge on any atom is 0.282 e. The van der Waals surface area contributed by atoms with Crippen molar-refractivity contribution in [2.24, 2.45) is 0 Å². The number of aromatic nitrogens is 1. The number of nitro benzene ring substituents is 1. The number of amides is 1. The second-order valence-corrected chi connectivity index (χ2v) is 7.65. The molecule has 0 saturated carbocycles. The highest BCUT2D eigenvalue weighted by Gasteiger charge is 2.24. The molecular formula is C20H18N4O3S. The van der Waals surface area contributed by atoms with E-state index in [2.05, 4.69) is 27.3 Å². The molecule has 2 heterocycles. The maximum atomic E-state index is 12.5. The molecule has 3 aromatic rings. The molecule has 0 radical (unpaired) electrons. The van der Waals surface area contributed by atoms with Gasteiger partial charge in [-0.05, 0) is 11.6 Å². The highest BCUT2D eigenvalue weighted by molar-refractivity contribution is 7.15. The minimum Gasteiger partial charge on any atom is -0.298 e. The first-order valence-corrected chi connectivity index (χ1v) is 9.71. The van der Waals surface area contributed by atoms with Crippen LogP contribution in [0.4, 0.5) is 10.8 Å². The van der Waals surface area contributed by atoms with Crippen LogP contribution in [0.3, 0.4) is 0 Å². The molecule has 1 aromatic heterocycles. The second-order valence-electron chi connectivity index (χ2n) is 6.56. The summed E-state index contributed by atoms with van der Waals surface area (Å²) in [5.41, 5.74) is 2.08. The molecule has 0 atom stereocenters. The van der Waals surface area contributed by atoms with Gasteiger partial charge in [0, 0.05) is 37.0 Å². The predicted octanol–water partition coefficient (Wildman–Crippen LogP) is 3.86. The zero-order valence-corrected chi connectivity index (χ0v) is 15.8. The van der Waals surface area contributed by atoms with Crippen LogP contribution in [-0.2, 0) is 19.5 Å². The van der Waals surface area contributed by atoms with Gasteiger partial charge in [-0.1, -0.05) is 42.5 Å². The van der Waals surface area contributed by atoms with Crippen molar-refractivity contribution in [1.82, 2.24) is 9.88 Å². The van der Waals surface area contributed by atoms with Crippen LogP contribution < -0.4 is 5.32 Å². The van der Waals surface area contributed by atoms with Crippen molar-refractivity contribution >= 4 is 28.1 Å². The lowest BCUT2D eigenvalue weighted by Gasteiger charge is -2.25. The van der Waals surface area contributed by atoms with Crippen molar-refractivity contribution in [2.75, 3.05) is 11.9 Å². The van der Waals surface area contributed by atoms with Gasteiger partial charge in [-0.25, -0.2) is 4.98 Å². The summed E-state index contributed by atoms with van der Waals surface area (Å²) in [7, 11) is 0. The lowest BCUT2D eigenvalue weighted by molar-refractivity contribution is -0.385. The topological polar surface area (TPSA) is 88.4 Å².